The molecule has 0 saturated heterocycles. The van der Waals surface area contributed by atoms with Gasteiger partial charge in [-0.25, -0.2) is 0 Å². The summed E-state index contributed by atoms with van der Waals surface area (Å²) in [5.74, 6) is -7.88. The minimum Gasteiger partial charge on any atom is -0.481 e. The van der Waals surface area contributed by atoms with E-state index in [1.165, 1.54) is 0 Å². The highest BCUT2D eigenvalue weighted by atomic mass is 31.2. The van der Waals surface area contributed by atoms with Gasteiger partial charge < -0.3 is 25.1 Å². The van der Waals surface area contributed by atoms with Crippen molar-refractivity contribution >= 4 is 25.5 Å². The van der Waals surface area contributed by atoms with E-state index in [0.717, 1.165) is 0 Å². The average Bonchev–Trinajstić information content (AvgIpc) is 2.09. The van der Waals surface area contributed by atoms with Gasteiger partial charge in [-0.15, -0.1) is 0 Å². The molecule has 9 nitrogen and oxygen atoms in total. The minimum absolute atomic E-state index is 0.512. The molecule has 0 radical (unpaired) electrons. The molecular weight excluding hydrogens is 259 g/mol. The Bertz CT molecular complexity index is 396. The molecule has 0 heterocycles. The van der Waals surface area contributed by atoms with Gasteiger partial charge in [-0.3, -0.25) is 18.9 Å². The quantitative estimate of drug-likeness (QED) is 0.387. The molecule has 0 aromatic heterocycles. The standard InChI is InChI=1S/C7H11O9P/c1-7(6(12)13,17(14,15)16)3(5(10)11)2-4(8)9/h3H,2H2,1H3,(H,8,9)(H,10,11)(H,12,13)(H2,14,15,16). The molecule has 0 amide bonds. The number of rotatable bonds is 6. The molecular formula is C7H11O9P. The van der Waals surface area contributed by atoms with Crippen LogP contribution in [0, 0.1) is 5.92 Å². The second-order valence-electron chi connectivity index (χ2n) is 3.49. The van der Waals surface area contributed by atoms with Crippen molar-refractivity contribution in [3.63, 3.8) is 0 Å². The normalized spacial score (nSPS) is 16.9. The molecule has 0 spiro atoms. The fraction of sp³-hybridized carbons (Fsp3) is 0.571. The van der Waals surface area contributed by atoms with Crippen molar-refractivity contribution in [1.82, 2.24) is 0 Å². The summed E-state index contributed by atoms with van der Waals surface area (Å²) < 4.78 is 11.1. The van der Waals surface area contributed by atoms with E-state index in [9.17, 15) is 18.9 Å². The fourth-order valence-electron chi connectivity index (χ4n) is 1.18. The molecule has 5 N–H and O–H groups in total. The van der Waals surface area contributed by atoms with Gasteiger partial charge in [0.1, 0.15) is 0 Å². The van der Waals surface area contributed by atoms with Gasteiger partial charge in [0.25, 0.3) is 0 Å². The largest absolute Gasteiger partial charge is 0.481 e. The summed E-state index contributed by atoms with van der Waals surface area (Å²) in [4.78, 5) is 49.8. The Kier molecular flexibility index (Phi) is 4.41. The monoisotopic (exact) mass is 270 g/mol. The first kappa shape index (κ1) is 15.6. The molecule has 0 aromatic rings. The summed E-state index contributed by atoms with van der Waals surface area (Å²) in [5, 5.41) is 22.9. The maximum absolute atomic E-state index is 11.1. The van der Waals surface area contributed by atoms with Gasteiger partial charge in [0.15, 0.2) is 5.16 Å². The maximum atomic E-state index is 11.1. The van der Waals surface area contributed by atoms with Gasteiger partial charge in [0.05, 0.1) is 12.3 Å². The van der Waals surface area contributed by atoms with E-state index in [0.29, 0.717) is 6.92 Å². The molecule has 17 heavy (non-hydrogen) atoms. The SMILES string of the molecule is CC(C(=O)O)(C(CC(=O)O)C(=O)O)P(=O)(O)O. The van der Waals surface area contributed by atoms with Crippen LogP contribution in [0.3, 0.4) is 0 Å². The molecule has 2 atom stereocenters. The van der Waals surface area contributed by atoms with Crippen LogP contribution in [0.4, 0.5) is 0 Å². The smallest absolute Gasteiger partial charge is 0.343 e. The fourth-order valence-corrected chi connectivity index (χ4v) is 2.03. The van der Waals surface area contributed by atoms with Crippen molar-refractivity contribution in [3.05, 3.63) is 0 Å². The van der Waals surface area contributed by atoms with Crippen LogP contribution in [-0.4, -0.2) is 48.2 Å². The summed E-state index contributed by atoms with van der Waals surface area (Å²) in [6.45, 7) is 0.512. The van der Waals surface area contributed by atoms with Crippen LogP contribution in [0.2, 0.25) is 0 Å². The number of hydrogen-bond acceptors (Lipinski definition) is 4. The molecule has 0 aliphatic rings. The molecule has 10 heteroatoms. The Balaban J connectivity index is 5.72. The first-order chi connectivity index (χ1) is 7.44. The van der Waals surface area contributed by atoms with E-state index in [-0.39, 0.29) is 0 Å². The van der Waals surface area contributed by atoms with Gasteiger partial charge in [0.2, 0.25) is 0 Å². The third-order valence-corrected chi connectivity index (χ3v) is 4.11. The van der Waals surface area contributed by atoms with E-state index >= 15 is 0 Å². The highest BCUT2D eigenvalue weighted by Crippen LogP contribution is 2.55. The molecule has 98 valence electrons. The second-order valence-corrected chi connectivity index (χ2v) is 5.50. The van der Waals surface area contributed by atoms with Gasteiger partial charge >= 0.3 is 25.5 Å². The van der Waals surface area contributed by atoms with Crippen LogP contribution in [0.15, 0.2) is 0 Å². The van der Waals surface area contributed by atoms with E-state index in [2.05, 4.69) is 0 Å². The Morgan fingerprint density at radius 1 is 1.18 bits per heavy atom. The zero-order valence-electron chi connectivity index (χ0n) is 8.60. The zero-order valence-corrected chi connectivity index (χ0v) is 9.50. The lowest BCUT2D eigenvalue weighted by Crippen LogP contribution is -2.47. The van der Waals surface area contributed by atoms with Gasteiger partial charge in [-0.05, 0) is 6.92 Å². The molecule has 2 unspecified atom stereocenters. The summed E-state index contributed by atoms with van der Waals surface area (Å²) in [5.41, 5.74) is 0. The van der Waals surface area contributed by atoms with Crippen molar-refractivity contribution in [3.8, 4) is 0 Å². The molecule has 0 aromatic carbocycles. The number of carbonyl (C=O) groups is 3. The Morgan fingerprint density at radius 3 is 1.76 bits per heavy atom. The van der Waals surface area contributed by atoms with Crippen LogP contribution in [0.1, 0.15) is 13.3 Å². The number of carboxylic acids is 3. The summed E-state index contributed by atoms with van der Waals surface area (Å²) in [6, 6.07) is 0. The first-order valence-electron chi connectivity index (χ1n) is 4.18. The van der Waals surface area contributed by atoms with Crippen molar-refractivity contribution in [2.75, 3.05) is 0 Å². The second kappa shape index (κ2) is 4.82. The van der Waals surface area contributed by atoms with E-state index in [1.807, 2.05) is 0 Å². The van der Waals surface area contributed by atoms with Crippen molar-refractivity contribution in [2.45, 2.75) is 18.5 Å². The van der Waals surface area contributed by atoms with Crippen molar-refractivity contribution < 1.29 is 44.1 Å². The third kappa shape index (κ3) is 3.02. The molecule has 0 bridgehead atoms. The summed E-state index contributed by atoms with van der Waals surface area (Å²) >= 11 is 0. The molecule has 0 aliphatic carbocycles. The Morgan fingerprint density at radius 2 is 1.59 bits per heavy atom. The lowest BCUT2D eigenvalue weighted by molar-refractivity contribution is -0.155. The highest BCUT2D eigenvalue weighted by Gasteiger charge is 2.58. The minimum atomic E-state index is -5.35. The van der Waals surface area contributed by atoms with Crippen LogP contribution in [0.25, 0.3) is 0 Å². The third-order valence-electron chi connectivity index (χ3n) is 2.39. The Hall–Kier alpha value is -1.44. The number of aliphatic carboxylic acids is 3. The van der Waals surface area contributed by atoms with Crippen LogP contribution < -0.4 is 0 Å². The van der Waals surface area contributed by atoms with Crippen LogP contribution >= 0.6 is 7.60 Å². The topological polar surface area (TPSA) is 169 Å². The predicted molar refractivity (Wildman–Crippen MR) is 51.5 cm³/mol. The average molecular weight is 270 g/mol. The van der Waals surface area contributed by atoms with E-state index in [4.69, 9.17) is 25.1 Å². The molecule has 0 saturated carbocycles. The molecule has 0 fully saturated rings. The van der Waals surface area contributed by atoms with Crippen molar-refractivity contribution in [2.24, 2.45) is 5.92 Å². The number of carboxylic acid groups (broad SMARTS) is 3. The first-order valence-corrected chi connectivity index (χ1v) is 5.79. The van der Waals surface area contributed by atoms with Gasteiger partial charge in [0, 0.05) is 0 Å². The van der Waals surface area contributed by atoms with Crippen LogP contribution in [0.5, 0.6) is 0 Å². The predicted octanol–water partition coefficient (Wildman–Crippen LogP) is -0.817. The van der Waals surface area contributed by atoms with E-state index in [1.54, 1.807) is 0 Å². The molecule has 0 aliphatic heterocycles. The lowest BCUT2D eigenvalue weighted by Gasteiger charge is -2.30. The van der Waals surface area contributed by atoms with Gasteiger partial charge in [-0.1, -0.05) is 0 Å². The molecule has 0 rings (SSSR count). The van der Waals surface area contributed by atoms with Crippen molar-refractivity contribution in [1.29, 1.82) is 0 Å². The zero-order chi connectivity index (χ0) is 14.0. The Labute approximate surface area is 94.8 Å². The number of hydrogen-bond donors (Lipinski definition) is 5. The summed E-state index contributed by atoms with van der Waals surface area (Å²) in [7, 11) is -5.35. The maximum Gasteiger partial charge on any atom is 0.343 e. The highest BCUT2D eigenvalue weighted by molar-refractivity contribution is 7.54. The lowest BCUT2D eigenvalue weighted by atomic mass is 9.90. The van der Waals surface area contributed by atoms with Gasteiger partial charge in [-0.2, -0.15) is 0 Å². The van der Waals surface area contributed by atoms with Crippen LogP contribution in [-0.2, 0) is 18.9 Å². The van der Waals surface area contributed by atoms with E-state index < -0.39 is 43.0 Å². The summed E-state index contributed by atoms with van der Waals surface area (Å²) in [6.07, 6.45) is -1.21.